The quantitative estimate of drug-likeness (QED) is 0.394. The molecule has 9 heteroatoms. The Morgan fingerprint density at radius 1 is 1.35 bits per heavy atom. The third-order valence-electron chi connectivity index (χ3n) is 4.02. The molecule has 6 nitrogen and oxygen atoms in total. The van der Waals surface area contributed by atoms with Crippen molar-refractivity contribution in [1.29, 1.82) is 0 Å². The molecule has 142 valence electrons. The number of anilines is 1. The fourth-order valence-corrected chi connectivity index (χ4v) is 2.86. The molecular weight excluding hydrogens is 455 g/mol. The normalized spacial score (nSPS) is 17.1. The number of hydrogen-bond acceptors (Lipinski definition) is 4. The Kier molecular flexibility index (Phi) is 7.61. The van der Waals surface area contributed by atoms with Gasteiger partial charge in [0.15, 0.2) is 5.96 Å². The second-order valence-electron chi connectivity index (χ2n) is 5.83. The zero-order chi connectivity index (χ0) is 17.6. The van der Waals surface area contributed by atoms with Crippen LogP contribution in [0.1, 0.15) is 19.0 Å². The Labute approximate surface area is 168 Å². The summed E-state index contributed by atoms with van der Waals surface area (Å²) in [5, 5.41) is 10.3. The highest BCUT2D eigenvalue weighted by atomic mass is 127. The summed E-state index contributed by atoms with van der Waals surface area (Å²) in [6, 6.07) is 5.74. The first kappa shape index (κ1) is 20.4. The summed E-state index contributed by atoms with van der Waals surface area (Å²) in [7, 11) is 0. The zero-order valence-corrected chi connectivity index (χ0v) is 16.7. The molecule has 1 aliphatic rings. The lowest BCUT2D eigenvalue weighted by molar-refractivity contribution is 0.412. The van der Waals surface area contributed by atoms with Crippen LogP contribution in [0.4, 0.5) is 14.5 Å². The Hall–Kier alpha value is -1.91. The highest BCUT2D eigenvalue weighted by Gasteiger charge is 2.27. The highest BCUT2D eigenvalue weighted by molar-refractivity contribution is 14.0. The Morgan fingerprint density at radius 2 is 2.12 bits per heavy atom. The molecule has 26 heavy (non-hydrogen) atoms. The number of aromatic nitrogens is 1. The number of nitrogens with one attached hydrogen (secondary N) is 2. The lowest BCUT2D eigenvalue weighted by Crippen LogP contribution is -2.44. The molecule has 1 aromatic carbocycles. The third kappa shape index (κ3) is 5.05. The van der Waals surface area contributed by atoms with Gasteiger partial charge in [-0.25, -0.2) is 13.8 Å². The molecule has 1 saturated heterocycles. The Morgan fingerprint density at radius 3 is 2.77 bits per heavy atom. The zero-order valence-electron chi connectivity index (χ0n) is 14.4. The molecule has 0 bridgehead atoms. The van der Waals surface area contributed by atoms with Crippen molar-refractivity contribution >= 4 is 35.6 Å². The molecule has 2 N–H and O–H groups in total. The summed E-state index contributed by atoms with van der Waals surface area (Å²) in [5.74, 6) is -0.425. The smallest absolute Gasteiger partial charge is 0.191 e. The van der Waals surface area contributed by atoms with Gasteiger partial charge >= 0.3 is 0 Å². The number of hydrogen-bond donors (Lipinski definition) is 2. The SMILES string of the molecule is CCNC(=NCc1ccon1)NC1CCN(c2c(F)cccc2F)C1.I. The Bertz CT molecular complexity index is 706. The molecule has 0 spiro atoms. The molecule has 1 fully saturated rings. The van der Waals surface area contributed by atoms with Gasteiger partial charge in [-0.3, -0.25) is 0 Å². The molecule has 3 rings (SSSR count). The number of para-hydroxylation sites is 1. The predicted molar refractivity (Wildman–Crippen MR) is 107 cm³/mol. The number of aliphatic imine (C=N–C) groups is 1. The summed E-state index contributed by atoms with van der Waals surface area (Å²) in [5.41, 5.74) is 0.773. The fourth-order valence-electron chi connectivity index (χ4n) is 2.86. The van der Waals surface area contributed by atoms with E-state index in [0.29, 0.717) is 32.1 Å². The van der Waals surface area contributed by atoms with Gasteiger partial charge in [-0.15, -0.1) is 24.0 Å². The van der Waals surface area contributed by atoms with E-state index in [1.165, 1.54) is 24.5 Å². The largest absolute Gasteiger partial charge is 0.365 e. The molecule has 1 atom stereocenters. The van der Waals surface area contributed by atoms with Crippen molar-refractivity contribution in [2.45, 2.75) is 25.9 Å². The van der Waals surface area contributed by atoms with E-state index in [9.17, 15) is 8.78 Å². The maximum atomic E-state index is 13.9. The molecule has 1 aromatic heterocycles. The number of benzene rings is 1. The van der Waals surface area contributed by atoms with Crippen molar-refractivity contribution in [2.75, 3.05) is 24.5 Å². The summed E-state index contributed by atoms with van der Waals surface area (Å²) in [4.78, 5) is 6.18. The van der Waals surface area contributed by atoms with Crippen molar-refractivity contribution < 1.29 is 13.3 Å². The van der Waals surface area contributed by atoms with Crippen LogP contribution in [0.15, 0.2) is 40.0 Å². The lowest BCUT2D eigenvalue weighted by Gasteiger charge is -2.21. The number of guanidine groups is 1. The van der Waals surface area contributed by atoms with Gasteiger partial charge in [-0.1, -0.05) is 11.2 Å². The van der Waals surface area contributed by atoms with E-state index in [2.05, 4.69) is 20.8 Å². The summed E-state index contributed by atoms with van der Waals surface area (Å²) in [6.07, 6.45) is 2.27. The van der Waals surface area contributed by atoms with Gasteiger partial charge in [0.2, 0.25) is 0 Å². The minimum atomic E-state index is -0.535. The minimum absolute atomic E-state index is 0. The van der Waals surface area contributed by atoms with E-state index in [1.54, 1.807) is 11.0 Å². The van der Waals surface area contributed by atoms with E-state index < -0.39 is 11.6 Å². The van der Waals surface area contributed by atoms with Crippen molar-refractivity contribution in [3.05, 3.63) is 47.9 Å². The summed E-state index contributed by atoms with van der Waals surface area (Å²) < 4.78 is 32.7. The van der Waals surface area contributed by atoms with Crippen molar-refractivity contribution in [2.24, 2.45) is 4.99 Å². The first-order chi connectivity index (χ1) is 12.2. The van der Waals surface area contributed by atoms with Gasteiger partial charge < -0.3 is 20.1 Å². The average molecular weight is 477 g/mol. The summed E-state index contributed by atoms with van der Waals surface area (Å²) >= 11 is 0. The van der Waals surface area contributed by atoms with E-state index in [1.807, 2.05) is 6.92 Å². The van der Waals surface area contributed by atoms with E-state index in [4.69, 9.17) is 4.52 Å². The van der Waals surface area contributed by atoms with Crippen LogP contribution < -0.4 is 15.5 Å². The molecule has 2 heterocycles. The molecule has 0 amide bonds. The lowest BCUT2D eigenvalue weighted by atomic mass is 10.2. The van der Waals surface area contributed by atoms with Crippen molar-refractivity contribution in [3.63, 3.8) is 0 Å². The average Bonchev–Trinajstić information content (AvgIpc) is 3.25. The maximum Gasteiger partial charge on any atom is 0.191 e. The van der Waals surface area contributed by atoms with Crippen molar-refractivity contribution in [1.82, 2.24) is 15.8 Å². The number of nitrogens with zero attached hydrogens (tertiary/aromatic N) is 3. The highest BCUT2D eigenvalue weighted by Crippen LogP contribution is 2.26. The van der Waals surface area contributed by atoms with Crippen LogP contribution >= 0.6 is 24.0 Å². The second kappa shape index (κ2) is 9.70. The minimum Gasteiger partial charge on any atom is -0.365 e. The van der Waals surface area contributed by atoms with Crippen LogP contribution in [0, 0.1) is 11.6 Å². The van der Waals surface area contributed by atoms with Crippen LogP contribution in [-0.2, 0) is 6.54 Å². The first-order valence-corrected chi connectivity index (χ1v) is 8.30. The molecule has 0 saturated carbocycles. The van der Waals surface area contributed by atoms with Gasteiger partial charge in [0.25, 0.3) is 0 Å². The Balaban J connectivity index is 0.00000243. The van der Waals surface area contributed by atoms with Gasteiger partial charge in [0, 0.05) is 31.7 Å². The summed E-state index contributed by atoms with van der Waals surface area (Å²) in [6.45, 7) is 4.17. The molecular formula is C17H22F2IN5O. The molecule has 0 radical (unpaired) electrons. The van der Waals surface area contributed by atoms with Gasteiger partial charge in [-0.05, 0) is 25.5 Å². The standard InChI is InChI=1S/C17H21F2N5O.HI/c1-2-20-17(21-10-12-7-9-25-23-12)22-13-6-8-24(11-13)16-14(18)4-3-5-15(16)19;/h3-5,7,9,13H,2,6,8,10-11H2,1H3,(H2,20,21,22);1H. The van der Waals surface area contributed by atoms with Gasteiger partial charge in [-0.2, -0.15) is 0 Å². The van der Waals surface area contributed by atoms with Gasteiger partial charge in [0.05, 0.1) is 6.54 Å². The predicted octanol–water partition coefficient (Wildman–Crippen LogP) is 2.90. The molecule has 0 aliphatic carbocycles. The number of rotatable bonds is 5. The van der Waals surface area contributed by atoms with Crippen LogP contribution in [0.5, 0.6) is 0 Å². The second-order valence-corrected chi connectivity index (χ2v) is 5.83. The van der Waals surface area contributed by atoms with Crippen molar-refractivity contribution in [3.8, 4) is 0 Å². The third-order valence-corrected chi connectivity index (χ3v) is 4.02. The van der Waals surface area contributed by atoms with Crippen LogP contribution in [0.25, 0.3) is 0 Å². The van der Waals surface area contributed by atoms with E-state index in [-0.39, 0.29) is 35.7 Å². The topological polar surface area (TPSA) is 65.7 Å². The van der Waals surface area contributed by atoms with E-state index >= 15 is 0 Å². The van der Waals surface area contributed by atoms with E-state index in [0.717, 1.165) is 12.1 Å². The molecule has 1 unspecified atom stereocenters. The molecule has 2 aromatic rings. The maximum absolute atomic E-state index is 13.9. The monoisotopic (exact) mass is 477 g/mol. The fraction of sp³-hybridized carbons (Fsp3) is 0.412. The van der Waals surface area contributed by atoms with Crippen LogP contribution in [0.2, 0.25) is 0 Å². The van der Waals surface area contributed by atoms with Crippen LogP contribution in [0.3, 0.4) is 0 Å². The van der Waals surface area contributed by atoms with Crippen LogP contribution in [-0.4, -0.2) is 36.8 Å². The first-order valence-electron chi connectivity index (χ1n) is 8.30. The number of halogens is 3. The van der Waals surface area contributed by atoms with Gasteiger partial charge in [0.1, 0.15) is 29.3 Å². The molecule has 1 aliphatic heterocycles.